The van der Waals surface area contributed by atoms with Crippen LogP contribution in [0.5, 0.6) is 34.6 Å². The van der Waals surface area contributed by atoms with Crippen molar-refractivity contribution in [3.8, 4) is 40.7 Å². The minimum atomic E-state index is -1.73. The molecule has 1 unspecified atom stereocenters. The van der Waals surface area contributed by atoms with Gasteiger partial charge in [-0.2, -0.15) is 10.2 Å². The van der Waals surface area contributed by atoms with Gasteiger partial charge in [-0.15, -0.1) is 0 Å². The number of methoxy groups -OCH3 is 4. The number of benzene rings is 7. The molecular formula is C71H75N6O12P. The molecule has 19 heteroatoms. The van der Waals surface area contributed by atoms with Gasteiger partial charge in [-0.05, 0) is 139 Å². The van der Waals surface area contributed by atoms with E-state index < -0.39 is 44.1 Å². The van der Waals surface area contributed by atoms with Crippen molar-refractivity contribution in [2.45, 2.75) is 102 Å². The molecule has 0 radical (unpaired) electrons. The molecule has 466 valence electrons. The van der Waals surface area contributed by atoms with Gasteiger partial charge < -0.3 is 51.7 Å². The molecule has 0 N–H and O–H groups in total. The van der Waals surface area contributed by atoms with Gasteiger partial charge in [-0.1, -0.05) is 109 Å². The lowest BCUT2D eigenvalue weighted by Crippen LogP contribution is -2.39. The van der Waals surface area contributed by atoms with Gasteiger partial charge in [0.05, 0.1) is 73.2 Å². The third kappa shape index (κ3) is 14.3. The van der Waals surface area contributed by atoms with Gasteiger partial charge in [0, 0.05) is 25.4 Å². The monoisotopic (exact) mass is 1230 g/mol. The van der Waals surface area contributed by atoms with Crippen LogP contribution in [0.25, 0.3) is 11.2 Å². The molecule has 90 heavy (non-hydrogen) atoms. The standard InChI is InChI=1S/C71H75N6O12P/c1-48(2)77(49(3)4)90(86-38-16-37-72)89-64-42-66(88-65(64)45-85-71(54-19-14-11-15-20-54,57-25-33-61(81-8)34-26-57)58-27-35-62(82-9)36-28-58)76-47-75-67-68(76)73-46-74-69(67)83-43-51-39-52(41-63(40-51)87-50(5)78)44-84-70(53-17-12-10-13-18-53,55-21-29-59(79-6)30-22-55)56-23-31-60(80-7)32-24-56/h10-15,17-36,39-41,46-49,64-66H,16,38,42-45H2,1-9H3/t64-,65+,66+,90?/m0/s1. The number of carbonyl (C=O) groups is 1. The Labute approximate surface area is 527 Å². The predicted molar refractivity (Wildman–Crippen MR) is 341 cm³/mol. The van der Waals surface area contributed by atoms with E-state index in [0.29, 0.717) is 57.5 Å². The van der Waals surface area contributed by atoms with Crippen LogP contribution < -0.4 is 28.4 Å². The molecule has 18 nitrogen and oxygen atoms in total. The number of nitriles is 1. The van der Waals surface area contributed by atoms with Crippen LogP contribution in [0.4, 0.5) is 0 Å². The Morgan fingerprint density at radius 2 is 1.11 bits per heavy atom. The third-order valence-electron chi connectivity index (χ3n) is 15.6. The van der Waals surface area contributed by atoms with Gasteiger partial charge in [-0.3, -0.25) is 9.36 Å². The van der Waals surface area contributed by atoms with E-state index in [0.717, 1.165) is 33.4 Å². The van der Waals surface area contributed by atoms with Crippen molar-refractivity contribution in [1.82, 2.24) is 24.2 Å². The van der Waals surface area contributed by atoms with Crippen LogP contribution in [-0.4, -0.2) is 96.1 Å². The van der Waals surface area contributed by atoms with Crippen molar-refractivity contribution in [1.29, 1.82) is 5.26 Å². The maximum absolute atomic E-state index is 12.6. The number of nitrogens with zero attached hydrogens (tertiary/aromatic N) is 6. The number of rotatable bonds is 29. The number of carbonyl (C=O) groups excluding carboxylic acids is 1. The topological polar surface area (TPSA) is 189 Å². The van der Waals surface area contributed by atoms with Crippen LogP contribution in [0.1, 0.15) is 98.2 Å². The summed E-state index contributed by atoms with van der Waals surface area (Å²) in [5.41, 5.74) is 5.11. The summed E-state index contributed by atoms with van der Waals surface area (Å²) in [7, 11) is 4.82. The van der Waals surface area contributed by atoms with Crippen molar-refractivity contribution in [2.24, 2.45) is 0 Å². The Morgan fingerprint density at radius 1 is 0.633 bits per heavy atom. The molecule has 0 amide bonds. The highest BCUT2D eigenvalue weighted by Crippen LogP contribution is 2.51. The molecule has 2 aromatic heterocycles. The first-order valence-electron chi connectivity index (χ1n) is 29.8. The van der Waals surface area contributed by atoms with Crippen LogP contribution >= 0.6 is 8.53 Å². The molecule has 0 bridgehead atoms. The molecule has 1 aliphatic heterocycles. The normalized spacial score (nSPS) is 15.4. The fourth-order valence-electron chi connectivity index (χ4n) is 11.5. The maximum atomic E-state index is 12.6. The molecule has 1 aliphatic rings. The summed E-state index contributed by atoms with van der Waals surface area (Å²) in [4.78, 5) is 26.8. The zero-order chi connectivity index (χ0) is 63.2. The van der Waals surface area contributed by atoms with Gasteiger partial charge in [0.25, 0.3) is 8.53 Å². The van der Waals surface area contributed by atoms with Crippen molar-refractivity contribution in [3.05, 3.63) is 233 Å². The summed E-state index contributed by atoms with van der Waals surface area (Å²) in [6, 6.07) is 59.3. The molecule has 7 aromatic carbocycles. The summed E-state index contributed by atoms with van der Waals surface area (Å²) in [5.74, 6) is 2.83. The number of esters is 1. The van der Waals surface area contributed by atoms with Crippen molar-refractivity contribution in [3.63, 3.8) is 0 Å². The van der Waals surface area contributed by atoms with Gasteiger partial charge in [0.1, 0.15) is 65.2 Å². The van der Waals surface area contributed by atoms with Crippen LogP contribution in [0.3, 0.4) is 0 Å². The van der Waals surface area contributed by atoms with Gasteiger partial charge in [0.2, 0.25) is 5.88 Å². The van der Waals surface area contributed by atoms with E-state index in [1.54, 1.807) is 46.9 Å². The Morgan fingerprint density at radius 3 is 1.58 bits per heavy atom. The van der Waals surface area contributed by atoms with E-state index in [9.17, 15) is 10.1 Å². The number of fused-ring (bicyclic) bond motifs is 1. The van der Waals surface area contributed by atoms with Crippen molar-refractivity contribution >= 4 is 25.7 Å². The van der Waals surface area contributed by atoms with E-state index in [1.165, 1.54) is 13.3 Å². The minimum Gasteiger partial charge on any atom is -0.497 e. The van der Waals surface area contributed by atoms with Crippen LogP contribution in [0, 0.1) is 11.3 Å². The summed E-state index contributed by atoms with van der Waals surface area (Å²) in [5, 5.41) is 9.62. The first-order valence-corrected chi connectivity index (χ1v) is 30.9. The summed E-state index contributed by atoms with van der Waals surface area (Å²) < 4.78 is 74.4. The number of imidazole rings is 1. The second kappa shape index (κ2) is 29.7. The van der Waals surface area contributed by atoms with Crippen LogP contribution in [0.15, 0.2) is 189 Å². The first-order chi connectivity index (χ1) is 43.8. The lowest BCUT2D eigenvalue weighted by Gasteiger charge is -2.39. The highest BCUT2D eigenvalue weighted by atomic mass is 31.2. The second-order valence-corrected chi connectivity index (χ2v) is 23.4. The Balaban J connectivity index is 0.973. The smallest absolute Gasteiger partial charge is 0.308 e. The van der Waals surface area contributed by atoms with Crippen LogP contribution in [-0.2, 0) is 52.5 Å². The molecule has 0 aliphatic carbocycles. The van der Waals surface area contributed by atoms with Crippen LogP contribution in [0.2, 0.25) is 0 Å². The molecule has 0 spiro atoms. The van der Waals surface area contributed by atoms with Crippen molar-refractivity contribution < 1.29 is 56.5 Å². The fourth-order valence-corrected chi connectivity index (χ4v) is 13.3. The zero-order valence-electron chi connectivity index (χ0n) is 52.1. The summed E-state index contributed by atoms with van der Waals surface area (Å²) >= 11 is 0. The Kier molecular flexibility index (Phi) is 21.2. The van der Waals surface area contributed by atoms with Gasteiger partial charge in [-0.25, -0.2) is 14.6 Å². The SMILES string of the molecule is COc1ccc(C(OCc2cc(COc3ncnc4c3ncn4[C@H]3C[C@H](OP(OCCC#N)N(C(C)C)C(C)C)[C@@H](COC(c4ccccc4)(c4ccc(OC)cc4)c4ccc(OC)cc4)O3)cc(OC(C)=O)c2)(c2ccccc2)c2ccc(OC)cc2)cc1. The number of hydrogen-bond donors (Lipinski definition) is 0. The van der Waals surface area contributed by atoms with E-state index in [1.807, 2.05) is 156 Å². The molecule has 9 aromatic rings. The number of ether oxygens (including phenoxy) is 9. The molecule has 10 rings (SSSR count). The van der Waals surface area contributed by atoms with E-state index in [2.05, 4.69) is 55.6 Å². The molecule has 1 saturated heterocycles. The second-order valence-electron chi connectivity index (χ2n) is 22.0. The summed E-state index contributed by atoms with van der Waals surface area (Å²) in [6.45, 7) is 10.1. The largest absolute Gasteiger partial charge is 0.497 e. The lowest BCUT2D eigenvalue weighted by molar-refractivity contribution is -0.131. The maximum Gasteiger partial charge on any atom is 0.308 e. The van der Waals surface area contributed by atoms with E-state index in [4.69, 9.17) is 61.6 Å². The van der Waals surface area contributed by atoms with E-state index >= 15 is 0 Å². The average molecular weight is 1240 g/mol. The summed E-state index contributed by atoms with van der Waals surface area (Å²) in [6.07, 6.45) is 1.66. The van der Waals surface area contributed by atoms with Gasteiger partial charge in [0.15, 0.2) is 11.2 Å². The van der Waals surface area contributed by atoms with Crippen molar-refractivity contribution in [2.75, 3.05) is 41.7 Å². The number of aromatic nitrogens is 4. The minimum absolute atomic E-state index is 0.000227. The highest BCUT2D eigenvalue weighted by Gasteiger charge is 2.46. The third-order valence-corrected chi connectivity index (χ3v) is 17.8. The lowest BCUT2D eigenvalue weighted by atomic mass is 9.80. The molecule has 1 fully saturated rings. The zero-order valence-corrected chi connectivity index (χ0v) is 53.0. The Hall–Kier alpha value is -8.76. The quantitative estimate of drug-likeness (QED) is 0.0141. The average Bonchev–Trinajstić information content (AvgIpc) is 0.826. The fraction of sp³-hybridized carbons (Fsp3) is 0.310. The predicted octanol–water partition coefficient (Wildman–Crippen LogP) is 13.8. The first kappa shape index (κ1) is 64.2. The Bertz CT molecular complexity index is 3710. The molecule has 0 saturated carbocycles. The molecular weight excluding hydrogens is 1160 g/mol. The van der Waals surface area contributed by atoms with E-state index in [-0.39, 0.29) is 50.8 Å². The van der Waals surface area contributed by atoms with Gasteiger partial charge >= 0.3 is 5.97 Å². The highest BCUT2D eigenvalue weighted by molar-refractivity contribution is 7.44. The molecule has 4 atom stereocenters. The molecule has 3 heterocycles. The number of hydrogen-bond acceptors (Lipinski definition) is 17.